The van der Waals surface area contributed by atoms with Gasteiger partial charge >= 0.3 is 0 Å². The molecule has 0 aromatic rings. The van der Waals surface area contributed by atoms with Crippen LogP contribution in [0.3, 0.4) is 0 Å². The van der Waals surface area contributed by atoms with Gasteiger partial charge in [0, 0.05) is 18.8 Å². The highest BCUT2D eigenvalue weighted by Crippen LogP contribution is 2.26. The third kappa shape index (κ3) is 7.08. The van der Waals surface area contributed by atoms with Gasteiger partial charge in [-0.3, -0.25) is 0 Å². The largest absolute Gasteiger partial charge is 0.375 e. The maximum absolute atomic E-state index is 4.18. The van der Waals surface area contributed by atoms with E-state index in [1.807, 2.05) is 0 Å². The first-order valence-electron chi connectivity index (χ1n) is 8.00. The first-order chi connectivity index (χ1) is 8.56. The fourth-order valence-corrected chi connectivity index (χ4v) is 2.19. The zero-order valence-electron chi connectivity index (χ0n) is 13.5. The maximum Gasteiger partial charge on any atom is 0.0203 e. The molecule has 108 valence electrons. The predicted octanol–water partition coefficient (Wildman–Crippen LogP) is 5.47. The minimum atomic E-state index is 0.611. The molecule has 1 unspecified atom stereocenters. The third-order valence-electron chi connectivity index (χ3n) is 3.82. The first-order valence-corrected chi connectivity index (χ1v) is 8.00. The van der Waals surface area contributed by atoms with Crippen LogP contribution in [0.25, 0.3) is 0 Å². The molecule has 0 amide bonds. The zero-order valence-corrected chi connectivity index (χ0v) is 13.5. The molecule has 0 N–H and O–H groups in total. The van der Waals surface area contributed by atoms with E-state index >= 15 is 0 Å². The fourth-order valence-electron chi connectivity index (χ4n) is 2.19. The van der Waals surface area contributed by atoms with Crippen molar-refractivity contribution in [3.8, 4) is 0 Å². The molecule has 0 aromatic heterocycles. The van der Waals surface area contributed by atoms with Gasteiger partial charge < -0.3 is 4.90 Å². The van der Waals surface area contributed by atoms with Gasteiger partial charge in [0.25, 0.3) is 0 Å². The molecule has 1 rings (SSSR count). The van der Waals surface area contributed by atoms with Crippen LogP contribution in [-0.2, 0) is 0 Å². The lowest BCUT2D eigenvalue weighted by Crippen LogP contribution is -2.22. The molecule has 1 heterocycles. The summed E-state index contributed by atoms with van der Waals surface area (Å²) in [6.07, 6.45) is 8.17. The van der Waals surface area contributed by atoms with Crippen LogP contribution in [0.4, 0.5) is 0 Å². The Morgan fingerprint density at radius 2 is 1.78 bits per heavy atom. The van der Waals surface area contributed by atoms with Gasteiger partial charge in [-0.1, -0.05) is 66.9 Å². The minimum Gasteiger partial charge on any atom is -0.375 e. The number of hydrogen-bond donors (Lipinski definition) is 0. The van der Waals surface area contributed by atoms with Gasteiger partial charge in [0.1, 0.15) is 0 Å². The van der Waals surface area contributed by atoms with Gasteiger partial charge in [-0.05, 0) is 24.7 Å². The van der Waals surface area contributed by atoms with E-state index in [-0.39, 0.29) is 0 Å². The quantitative estimate of drug-likeness (QED) is 0.606. The van der Waals surface area contributed by atoms with E-state index in [0.717, 1.165) is 5.92 Å². The van der Waals surface area contributed by atoms with Crippen molar-refractivity contribution in [3.63, 3.8) is 0 Å². The Kier molecular flexibility index (Phi) is 10.2. The van der Waals surface area contributed by atoms with Crippen LogP contribution in [0.5, 0.6) is 0 Å². The molecule has 1 heteroatoms. The van der Waals surface area contributed by atoms with Crippen LogP contribution >= 0.6 is 0 Å². The summed E-state index contributed by atoms with van der Waals surface area (Å²) < 4.78 is 0. The smallest absolute Gasteiger partial charge is 0.0203 e. The highest BCUT2D eigenvalue weighted by molar-refractivity contribution is 5.00. The van der Waals surface area contributed by atoms with Crippen molar-refractivity contribution in [2.75, 3.05) is 13.1 Å². The van der Waals surface area contributed by atoms with E-state index in [0.29, 0.717) is 5.92 Å². The van der Waals surface area contributed by atoms with Crippen molar-refractivity contribution in [1.82, 2.24) is 4.90 Å². The molecule has 0 aromatic carbocycles. The van der Waals surface area contributed by atoms with E-state index < -0.39 is 0 Å². The number of rotatable bonds is 6. The second kappa shape index (κ2) is 10.5. The Morgan fingerprint density at radius 1 is 1.17 bits per heavy atom. The van der Waals surface area contributed by atoms with Crippen LogP contribution in [0.2, 0.25) is 0 Å². The summed E-state index contributed by atoms with van der Waals surface area (Å²) in [5.41, 5.74) is 1.34. The molecule has 0 spiro atoms. The highest BCUT2D eigenvalue weighted by Gasteiger charge is 2.23. The summed E-state index contributed by atoms with van der Waals surface area (Å²) in [6.45, 7) is 17.8. The van der Waals surface area contributed by atoms with Gasteiger partial charge in [0.05, 0.1) is 0 Å². The van der Waals surface area contributed by atoms with Crippen LogP contribution in [-0.4, -0.2) is 18.0 Å². The van der Waals surface area contributed by atoms with Crippen LogP contribution < -0.4 is 0 Å². The summed E-state index contributed by atoms with van der Waals surface area (Å²) in [6, 6.07) is 0. The summed E-state index contributed by atoms with van der Waals surface area (Å²) in [4.78, 5) is 2.49. The van der Waals surface area contributed by atoms with Gasteiger partial charge in [-0.25, -0.2) is 0 Å². The predicted molar refractivity (Wildman–Crippen MR) is 83.8 cm³/mol. The van der Waals surface area contributed by atoms with Crippen molar-refractivity contribution >= 4 is 0 Å². The fraction of sp³-hybridized carbons (Fsp3) is 0.882. The Hall–Kier alpha value is -0.460. The molecule has 0 radical (unpaired) electrons. The SMILES string of the molecule is C=C(C(C)C)N1CCC(CCCC)C1.CCCC. The highest BCUT2D eigenvalue weighted by atomic mass is 15.2. The average molecular weight is 253 g/mol. The summed E-state index contributed by atoms with van der Waals surface area (Å²) in [5, 5.41) is 0. The van der Waals surface area contributed by atoms with E-state index in [2.05, 4.69) is 46.1 Å². The molecule has 1 aliphatic rings. The molecular formula is C17H35N. The van der Waals surface area contributed by atoms with Crippen molar-refractivity contribution in [2.45, 2.75) is 73.1 Å². The summed E-state index contributed by atoms with van der Waals surface area (Å²) >= 11 is 0. The summed E-state index contributed by atoms with van der Waals surface area (Å²) in [7, 11) is 0. The molecule has 1 aliphatic heterocycles. The topological polar surface area (TPSA) is 3.24 Å². The molecule has 1 nitrogen and oxygen atoms in total. The Labute approximate surface area is 116 Å². The van der Waals surface area contributed by atoms with E-state index in [1.165, 1.54) is 57.3 Å². The second-order valence-corrected chi connectivity index (χ2v) is 5.89. The first kappa shape index (κ1) is 17.5. The Morgan fingerprint density at radius 3 is 2.22 bits per heavy atom. The Bertz CT molecular complexity index is 206. The molecule has 0 aliphatic carbocycles. The van der Waals surface area contributed by atoms with Crippen molar-refractivity contribution < 1.29 is 0 Å². The van der Waals surface area contributed by atoms with Crippen molar-refractivity contribution in [2.24, 2.45) is 11.8 Å². The molecule has 0 saturated carbocycles. The molecular weight excluding hydrogens is 218 g/mol. The average Bonchev–Trinajstić information content (AvgIpc) is 2.84. The maximum atomic E-state index is 4.18. The Balaban J connectivity index is 0.000000631. The lowest BCUT2D eigenvalue weighted by Gasteiger charge is -2.24. The van der Waals surface area contributed by atoms with Crippen molar-refractivity contribution in [3.05, 3.63) is 12.3 Å². The standard InChI is InChI=1S/C13H25N.C4H10/c1-5-6-7-13-8-9-14(10-13)12(4)11(2)3;1-3-4-2/h11,13H,4-10H2,1-3H3;3-4H2,1-2H3. The molecule has 1 saturated heterocycles. The van der Waals surface area contributed by atoms with E-state index in [1.54, 1.807) is 0 Å². The van der Waals surface area contributed by atoms with Gasteiger partial charge in [0.2, 0.25) is 0 Å². The van der Waals surface area contributed by atoms with Gasteiger partial charge in [-0.2, -0.15) is 0 Å². The summed E-state index contributed by atoms with van der Waals surface area (Å²) in [5.74, 6) is 1.55. The van der Waals surface area contributed by atoms with Crippen LogP contribution in [0, 0.1) is 11.8 Å². The minimum absolute atomic E-state index is 0.611. The second-order valence-electron chi connectivity index (χ2n) is 5.89. The van der Waals surface area contributed by atoms with Gasteiger partial charge in [0.15, 0.2) is 0 Å². The van der Waals surface area contributed by atoms with Crippen molar-refractivity contribution in [1.29, 1.82) is 0 Å². The number of likely N-dealkylation sites (tertiary alicyclic amines) is 1. The lowest BCUT2D eigenvalue weighted by atomic mass is 10.0. The number of nitrogens with zero attached hydrogens (tertiary/aromatic N) is 1. The normalized spacial score (nSPS) is 18.8. The van der Waals surface area contributed by atoms with Crippen LogP contribution in [0.15, 0.2) is 12.3 Å². The molecule has 0 bridgehead atoms. The van der Waals surface area contributed by atoms with E-state index in [4.69, 9.17) is 0 Å². The molecule has 1 fully saturated rings. The van der Waals surface area contributed by atoms with E-state index in [9.17, 15) is 0 Å². The zero-order chi connectivity index (χ0) is 14.0. The number of allylic oxidation sites excluding steroid dienone is 1. The number of hydrogen-bond acceptors (Lipinski definition) is 1. The van der Waals surface area contributed by atoms with Gasteiger partial charge in [-0.15, -0.1) is 0 Å². The molecule has 18 heavy (non-hydrogen) atoms. The van der Waals surface area contributed by atoms with Crippen LogP contribution in [0.1, 0.15) is 73.1 Å². The lowest BCUT2D eigenvalue weighted by molar-refractivity contribution is 0.358. The monoisotopic (exact) mass is 253 g/mol. The molecule has 1 atom stereocenters. The number of unbranched alkanes of at least 4 members (excludes halogenated alkanes) is 2. The third-order valence-corrected chi connectivity index (χ3v) is 3.82.